The molecule has 7 N–H and O–H groups in total. The van der Waals surface area contributed by atoms with Crippen LogP contribution in [0.2, 0.25) is 0 Å². The molecule has 0 saturated carbocycles. The van der Waals surface area contributed by atoms with E-state index in [-0.39, 0.29) is 0 Å². The van der Waals surface area contributed by atoms with Gasteiger partial charge in [0.05, 0.1) is 0 Å². The summed E-state index contributed by atoms with van der Waals surface area (Å²) in [7, 11) is 0. The Kier molecular flexibility index (Phi) is 4.89. The van der Waals surface area contributed by atoms with Crippen LogP contribution < -0.4 is 22.5 Å². The van der Waals surface area contributed by atoms with Crippen molar-refractivity contribution >= 4 is 0 Å². The van der Waals surface area contributed by atoms with E-state index in [0.717, 1.165) is 13.0 Å². The SMILES string of the molecule is NCCCNC(N)N. The lowest BCUT2D eigenvalue weighted by atomic mass is 10.4. The summed E-state index contributed by atoms with van der Waals surface area (Å²) in [5, 5.41) is 2.82. The summed E-state index contributed by atoms with van der Waals surface area (Å²) in [6.07, 6.45) is 0.520. The minimum absolute atomic E-state index is 0.401. The van der Waals surface area contributed by atoms with E-state index in [9.17, 15) is 0 Å². The smallest absolute Gasteiger partial charge is 0.106 e. The largest absolute Gasteiger partial charge is 0.330 e. The third-order valence-electron chi connectivity index (χ3n) is 0.761. The normalized spacial score (nSPS) is 10.5. The quantitative estimate of drug-likeness (QED) is 0.257. The van der Waals surface area contributed by atoms with Crippen molar-refractivity contribution in [3.63, 3.8) is 0 Å². The fraction of sp³-hybridized carbons (Fsp3) is 1.00. The van der Waals surface area contributed by atoms with E-state index in [0.29, 0.717) is 6.54 Å². The summed E-state index contributed by atoms with van der Waals surface area (Å²) >= 11 is 0. The molecule has 0 heterocycles. The molecule has 0 atom stereocenters. The van der Waals surface area contributed by atoms with Crippen molar-refractivity contribution < 1.29 is 0 Å². The van der Waals surface area contributed by atoms with Crippen molar-refractivity contribution in [3.05, 3.63) is 0 Å². The highest BCUT2D eigenvalue weighted by atomic mass is 15.1. The molecule has 50 valence electrons. The molecule has 0 aromatic rings. The zero-order valence-corrected chi connectivity index (χ0v) is 4.93. The summed E-state index contributed by atoms with van der Waals surface area (Å²) in [4.78, 5) is 0. The molecule has 0 unspecified atom stereocenters. The summed E-state index contributed by atoms with van der Waals surface area (Å²) < 4.78 is 0. The highest BCUT2D eigenvalue weighted by Gasteiger charge is 1.87. The maximum absolute atomic E-state index is 5.19. The van der Waals surface area contributed by atoms with E-state index >= 15 is 0 Å². The van der Waals surface area contributed by atoms with Crippen LogP contribution in [0.5, 0.6) is 0 Å². The molecular weight excluding hydrogens is 104 g/mol. The van der Waals surface area contributed by atoms with Crippen molar-refractivity contribution in [1.29, 1.82) is 0 Å². The minimum atomic E-state index is -0.401. The van der Waals surface area contributed by atoms with E-state index < -0.39 is 6.29 Å². The van der Waals surface area contributed by atoms with E-state index in [1.54, 1.807) is 0 Å². The van der Waals surface area contributed by atoms with Crippen LogP contribution in [0, 0.1) is 0 Å². The Morgan fingerprint density at radius 2 is 2.00 bits per heavy atom. The second kappa shape index (κ2) is 4.99. The van der Waals surface area contributed by atoms with Crippen LogP contribution in [-0.2, 0) is 0 Å². The Morgan fingerprint density at radius 3 is 2.38 bits per heavy atom. The number of nitrogens with two attached hydrogens (primary N) is 3. The van der Waals surface area contributed by atoms with Crippen LogP contribution in [-0.4, -0.2) is 19.4 Å². The van der Waals surface area contributed by atoms with Crippen LogP contribution in [0.25, 0.3) is 0 Å². The van der Waals surface area contributed by atoms with Crippen molar-refractivity contribution in [1.82, 2.24) is 5.32 Å². The number of nitrogens with one attached hydrogen (secondary N) is 1. The first-order chi connectivity index (χ1) is 3.77. The number of hydrogen-bond acceptors (Lipinski definition) is 4. The molecule has 0 aliphatic carbocycles. The average molecular weight is 118 g/mol. The Labute approximate surface area is 49.4 Å². The van der Waals surface area contributed by atoms with Gasteiger partial charge in [-0.2, -0.15) is 0 Å². The van der Waals surface area contributed by atoms with Crippen molar-refractivity contribution in [2.75, 3.05) is 13.1 Å². The molecule has 8 heavy (non-hydrogen) atoms. The van der Waals surface area contributed by atoms with Crippen LogP contribution in [0.15, 0.2) is 0 Å². The van der Waals surface area contributed by atoms with Gasteiger partial charge in [0.25, 0.3) is 0 Å². The predicted molar refractivity (Wildman–Crippen MR) is 33.8 cm³/mol. The lowest BCUT2D eigenvalue weighted by Crippen LogP contribution is -2.45. The molecule has 0 spiro atoms. The summed E-state index contributed by atoms with van der Waals surface area (Å²) in [6, 6.07) is 0. The number of hydrogen-bond donors (Lipinski definition) is 4. The highest BCUT2D eigenvalue weighted by Crippen LogP contribution is 1.66. The van der Waals surface area contributed by atoms with Crippen LogP contribution in [0.3, 0.4) is 0 Å². The molecule has 0 bridgehead atoms. The van der Waals surface area contributed by atoms with E-state index in [2.05, 4.69) is 5.32 Å². The summed E-state index contributed by atoms with van der Waals surface area (Å²) in [6.45, 7) is 1.48. The van der Waals surface area contributed by atoms with Gasteiger partial charge < -0.3 is 17.2 Å². The molecule has 0 radical (unpaired) electrons. The van der Waals surface area contributed by atoms with Gasteiger partial charge in [-0.25, -0.2) is 0 Å². The maximum atomic E-state index is 5.19. The van der Waals surface area contributed by atoms with Gasteiger partial charge in [-0.05, 0) is 19.5 Å². The minimum Gasteiger partial charge on any atom is -0.330 e. The number of rotatable bonds is 4. The van der Waals surface area contributed by atoms with Gasteiger partial charge in [-0.1, -0.05) is 0 Å². The Bertz CT molecular complexity index is 45.3. The van der Waals surface area contributed by atoms with Gasteiger partial charge in [-0.3, -0.25) is 5.32 Å². The second-order valence-corrected chi connectivity index (χ2v) is 1.62. The Balaban J connectivity index is 2.72. The van der Waals surface area contributed by atoms with E-state index in [4.69, 9.17) is 17.2 Å². The van der Waals surface area contributed by atoms with Gasteiger partial charge in [0.2, 0.25) is 0 Å². The van der Waals surface area contributed by atoms with Gasteiger partial charge in [-0.15, -0.1) is 0 Å². The van der Waals surface area contributed by atoms with Crippen molar-refractivity contribution in [2.45, 2.75) is 12.7 Å². The molecule has 4 heteroatoms. The van der Waals surface area contributed by atoms with E-state index in [1.807, 2.05) is 0 Å². The van der Waals surface area contributed by atoms with E-state index in [1.165, 1.54) is 0 Å². The van der Waals surface area contributed by atoms with Gasteiger partial charge in [0, 0.05) is 0 Å². The average Bonchev–Trinajstić information content (AvgIpc) is 1.66. The van der Waals surface area contributed by atoms with Crippen LogP contribution in [0.1, 0.15) is 6.42 Å². The van der Waals surface area contributed by atoms with Gasteiger partial charge in [0.15, 0.2) is 0 Å². The first kappa shape index (κ1) is 7.84. The molecule has 0 aromatic heterocycles. The first-order valence-electron chi connectivity index (χ1n) is 2.72. The van der Waals surface area contributed by atoms with Crippen molar-refractivity contribution in [2.24, 2.45) is 17.2 Å². The van der Waals surface area contributed by atoms with Gasteiger partial charge in [0.1, 0.15) is 6.29 Å². The summed E-state index contributed by atoms with van der Waals surface area (Å²) in [5.41, 5.74) is 15.5. The van der Waals surface area contributed by atoms with Gasteiger partial charge >= 0.3 is 0 Å². The van der Waals surface area contributed by atoms with Crippen LogP contribution in [0.4, 0.5) is 0 Å². The fourth-order valence-corrected chi connectivity index (χ4v) is 0.371. The lowest BCUT2D eigenvalue weighted by molar-refractivity contribution is 0.536. The molecule has 0 fully saturated rings. The monoisotopic (exact) mass is 118 g/mol. The zero-order chi connectivity index (χ0) is 6.41. The third kappa shape index (κ3) is 5.84. The topological polar surface area (TPSA) is 90.1 Å². The third-order valence-corrected chi connectivity index (χ3v) is 0.761. The molecule has 4 nitrogen and oxygen atoms in total. The summed E-state index contributed by atoms with van der Waals surface area (Å²) in [5.74, 6) is 0. The molecule has 0 aliphatic heterocycles. The first-order valence-corrected chi connectivity index (χ1v) is 2.72. The molecule has 0 rings (SSSR count). The zero-order valence-electron chi connectivity index (χ0n) is 4.93. The predicted octanol–water partition coefficient (Wildman–Crippen LogP) is -1.87. The fourth-order valence-electron chi connectivity index (χ4n) is 0.371. The molecule has 0 aliphatic rings. The molecule has 0 saturated heterocycles. The second-order valence-electron chi connectivity index (χ2n) is 1.62. The van der Waals surface area contributed by atoms with Crippen molar-refractivity contribution in [3.8, 4) is 0 Å². The standard InChI is InChI=1S/C4H14N4/c5-2-1-3-8-4(6)7/h4,8H,1-3,5-7H2. The Hall–Kier alpha value is -0.160. The Morgan fingerprint density at radius 1 is 1.38 bits per heavy atom. The highest BCUT2D eigenvalue weighted by molar-refractivity contribution is 4.48. The maximum Gasteiger partial charge on any atom is 0.106 e. The lowest BCUT2D eigenvalue weighted by Gasteiger charge is -2.05. The molecule has 0 amide bonds. The molecule has 0 aromatic carbocycles. The van der Waals surface area contributed by atoms with Crippen LogP contribution >= 0.6 is 0 Å². The molecular formula is C4H14N4.